The first-order valence-corrected chi connectivity index (χ1v) is 10.9. The van der Waals surface area contributed by atoms with Crippen LogP contribution in [-0.2, 0) is 0 Å². The third-order valence-electron chi connectivity index (χ3n) is 6.66. The van der Waals surface area contributed by atoms with Crippen LogP contribution < -0.4 is 4.90 Å². The molecule has 0 unspecified atom stereocenters. The summed E-state index contributed by atoms with van der Waals surface area (Å²) >= 11 is 0. The van der Waals surface area contributed by atoms with Crippen molar-refractivity contribution in [3.63, 3.8) is 0 Å². The number of piperazine rings is 1. The minimum atomic E-state index is 0.261. The molecule has 1 N–H and O–H groups in total. The number of pyridine rings is 1. The lowest BCUT2D eigenvalue weighted by Gasteiger charge is -2.48. The molecule has 0 radical (unpaired) electrons. The number of likely N-dealkylation sites (tertiary alicyclic amines) is 1. The topological polar surface area (TPSA) is 42.8 Å². The van der Waals surface area contributed by atoms with Gasteiger partial charge in [-0.05, 0) is 58.3 Å². The second-order valence-electron chi connectivity index (χ2n) is 8.56. The second kappa shape index (κ2) is 8.76. The molecule has 2 saturated heterocycles. The lowest BCUT2D eigenvalue weighted by Crippen LogP contribution is -2.59. The quantitative estimate of drug-likeness (QED) is 0.861. The number of benzene rings is 1. The number of hydrogen-bond donors (Lipinski definition) is 1. The minimum absolute atomic E-state index is 0.261. The molecule has 0 saturated carbocycles. The Bertz CT molecular complexity index is 767. The van der Waals surface area contributed by atoms with E-state index >= 15 is 0 Å². The number of piperidine rings is 1. The highest BCUT2D eigenvalue weighted by molar-refractivity contribution is 5.91. The van der Waals surface area contributed by atoms with Crippen molar-refractivity contribution in [3.8, 4) is 0 Å². The zero-order valence-corrected chi connectivity index (χ0v) is 17.3. The van der Waals surface area contributed by atoms with Gasteiger partial charge in [0.15, 0.2) is 0 Å². The molecule has 4 rings (SSSR count). The molecule has 2 aromatic rings. The Morgan fingerprint density at radius 1 is 1.07 bits per heavy atom. The molecule has 0 amide bonds. The van der Waals surface area contributed by atoms with Crippen molar-refractivity contribution >= 4 is 16.6 Å². The van der Waals surface area contributed by atoms with Crippen LogP contribution >= 0.6 is 0 Å². The average Bonchev–Trinajstić information content (AvgIpc) is 2.73. The summed E-state index contributed by atoms with van der Waals surface area (Å²) in [7, 11) is 0. The molecule has 0 spiro atoms. The summed E-state index contributed by atoms with van der Waals surface area (Å²) in [6.45, 7) is 10.4. The Kier molecular flexibility index (Phi) is 6.14. The van der Waals surface area contributed by atoms with E-state index in [4.69, 9.17) is 0 Å². The van der Waals surface area contributed by atoms with Gasteiger partial charge < -0.3 is 14.9 Å². The van der Waals surface area contributed by atoms with E-state index in [9.17, 15) is 5.11 Å². The molecule has 1 aromatic heterocycles. The molecular weight excluding hydrogens is 348 g/mol. The van der Waals surface area contributed by atoms with Crippen LogP contribution in [0.25, 0.3) is 10.9 Å². The molecule has 1 aromatic carbocycles. The van der Waals surface area contributed by atoms with Gasteiger partial charge in [-0.15, -0.1) is 0 Å². The Morgan fingerprint density at radius 3 is 2.61 bits per heavy atom. The highest BCUT2D eigenvalue weighted by atomic mass is 16.3. The van der Waals surface area contributed by atoms with E-state index in [2.05, 4.69) is 63.9 Å². The number of nitrogens with zero attached hydrogens (tertiary/aromatic N) is 4. The van der Waals surface area contributed by atoms with Gasteiger partial charge in [0.2, 0.25) is 0 Å². The molecular formula is C23H34N4O. The fourth-order valence-electron chi connectivity index (χ4n) is 5.07. The van der Waals surface area contributed by atoms with Gasteiger partial charge in [-0.1, -0.05) is 18.2 Å². The number of aliphatic hydroxyl groups excluding tert-OH is 1. The van der Waals surface area contributed by atoms with Gasteiger partial charge in [0.1, 0.15) is 0 Å². The first-order chi connectivity index (χ1) is 13.7. The van der Waals surface area contributed by atoms with Crippen LogP contribution in [0.5, 0.6) is 0 Å². The summed E-state index contributed by atoms with van der Waals surface area (Å²) in [5.74, 6) is 0. The maximum atomic E-state index is 9.71. The lowest BCUT2D eigenvalue weighted by atomic mass is 9.97. The first-order valence-electron chi connectivity index (χ1n) is 10.9. The highest BCUT2D eigenvalue weighted by Gasteiger charge is 2.34. The zero-order valence-electron chi connectivity index (χ0n) is 17.3. The summed E-state index contributed by atoms with van der Waals surface area (Å²) in [5, 5.41) is 10.9. The number of para-hydroxylation sites is 1. The molecule has 5 heteroatoms. The van der Waals surface area contributed by atoms with Crippen molar-refractivity contribution in [2.24, 2.45) is 0 Å². The fourth-order valence-corrected chi connectivity index (χ4v) is 5.07. The van der Waals surface area contributed by atoms with Crippen LogP contribution in [0.4, 0.5) is 5.69 Å². The van der Waals surface area contributed by atoms with Crippen molar-refractivity contribution in [2.75, 3.05) is 44.2 Å². The van der Waals surface area contributed by atoms with Gasteiger partial charge in [-0.2, -0.15) is 0 Å². The minimum Gasteiger partial charge on any atom is -0.396 e. The maximum Gasteiger partial charge on any atom is 0.0722 e. The van der Waals surface area contributed by atoms with Gasteiger partial charge in [-0.3, -0.25) is 9.88 Å². The lowest BCUT2D eigenvalue weighted by molar-refractivity contribution is 0.0464. The summed E-state index contributed by atoms with van der Waals surface area (Å²) in [5.41, 5.74) is 2.34. The van der Waals surface area contributed by atoms with Crippen LogP contribution in [0, 0.1) is 0 Å². The molecule has 152 valence electrons. The number of aromatic nitrogens is 1. The van der Waals surface area contributed by atoms with E-state index < -0.39 is 0 Å². The largest absolute Gasteiger partial charge is 0.396 e. The summed E-state index contributed by atoms with van der Waals surface area (Å²) in [4.78, 5) is 12.3. The van der Waals surface area contributed by atoms with Crippen molar-refractivity contribution in [1.82, 2.24) is 14.8 Å². The van der Waals surface area contributed by atoms with Gasteiger partial charge in [0.25, 0.3) is 0 Å². The van der Waals surface area contributed by atoms with Gasteiger partial charge in [-0.25, -0.2) is 0 Å². The Morgan fingerprint density at radius 2 is 1.86 bits per heavy atom. The first kappa shape index (κ1) is 19.6. The van der Waals surface area contributed by atoms with Crippen LogP contribution in [0.1, 0.15) is 33.1 Å². The molecule has 0 bridgehead atoms. The number of rotatable bonds is 5. The summed E-state index contributed by atoms with van der Waals surface area (Å²) < 4.78 is 0. The summed E-state index contributed by atoms with van der Waals surface area (Å²) in [6.07, 6.45) is 5.27. The van der Waals surface area contributed by atoms with Crippen molar-refractivity contribution in [3.05, 3.63) is 36.5 Å². The third-order valence-corrected chi connectivity index (χ3v) is 6.66. The smallest absolute Gasteiger partial charge is 0.0722 e. The Hall–Kier alpha value is -1.69. The predicted octanol–water partition coefficient (Wildman–Crippen LogP) is 2.98. The van der Waals surface area contributed by atoms with Crippen LogP contribution in [0.2, 0.25) is 0 Å². The molecule has 3 heterocycles. The summed E-state index contributed by atoms with van der Waals surface area (Å²) in [6, 6.07) is 12.3. The van der Waals surface area contributed by atoms with Crippen molar-refractivity contribution in [1.29, 1.82) is 0 Å². The molecule has 5 nitrogen and oxygen atoms in total. The number of hydrogen-bond acceptors (Lipinski definition) is 5. The van der Waals surface area contributed by atoms with E-state index in [1.165, 1.54) is 37.0 Å². The Balaban J connectivity index is 1.49. The second-order valence-corrected chi connectivity index (χ2v) is 8.56. The molecule has 28 heavy (non-hydrogen) atoms. The number of aliphatic hydroxyl groups is 1. The van der Waals surface area contributed by atoms with Crippen molar-refractivity contribution < 1.29 is 5.11 Å². The van der Waals surface area contributed by atoms with Crippen LogP contribution in [0.15, 0.2) is 36.5 Å². The van der Waals surface area contributed by atoms with Gasteiger partial charge >= 0.3 is 0 Å². The van der Waals surface area contributed by atoms with E-state index in [0.717, 1.165) is 31.6 Å². The predicted molar refractivity (Wildman–Crippen MR) is 116 cm³/mol. The zero-order chi connectivity index (χ0) is 19.5. The SMILES string of the molecule is CC(C)N1CCC(N2CCN(c3ccnc4ccccc34)C[C@H]2CCO)CC1. The third kappa shape index (κ3) is 4.02. The molecule has 2 aliphatic heterocycles. The molecule has 2 fully saturated rings. The molecule has 0 aliphatic carbocycles. The Labute approximate surface area is 169 Å². The van der Waals surface area contributed by atoms with Crippen LogP contribution in [0.3, 0.4) is 0 Å². The van der Waals surface area contributed by atoms with Crippen LogP contribution in [-0.4, -0.2) is 77.3 Å². The normalized spacial score (nSPS) is 23.0. The van der Waals surface area contributed by atoms with Gasteiger partial charge in [0, 0.05) is 61.6 Å². The van der Waals surface area contributed by atoms with E-state index in [0.29, 0.717) is 18.1 Å². The van der Waals surface area contributed by atoms with E-state index in [-0.39, 0.29) is 6.61 Å². The van der Waals surface area contributed by atoms with E-state index in [1.54, 1.807) is 0 Å². The maximum absolute atomic E-state index is 9.71. The fraction of sp³-hybridized carbons (Fsp3) is 0.609. The monoisotopic (exact) mass is 382 g/mol. The number of anilines is 1. The highest BCUT2D eigenvalue weighted by Crippen LogP contribution is 2.30. The van der Waals surface area contributed by atoms with E-state index in [1.807, 2.05) is 6.20 Å². The standard InChI is InChI=1S/C23H34N4O/c1-18(2)25-12-8-19(9-13-25)27-15-14-26(17-20(27)10-16-28)23-7-11-24-22-6-4-3-5-21(22)23/h3-7,11,18-20,28H,8-10,12-17H2,1-2H3/t20-/m1/s1. The van der Waals surface area contributed by atoms with Gasteiger partial charge in [0.05, 0.1) is 5.52 Å². The van der Waals surface area contributed by atoms with Crippen molar-refractivity contribution in [2.45, 2.75) is 51.2 Å². The average molecular weight is 383 g/mol. The number of fused-ring (bicyclic) bond motifs is 1. The molecule has 1 atom stereocenters. The molecule has 2 aliphatic rings.